The third kappa shape index (κ3) is 4.21. The molecular weight excluding hydrogens is 334 g/mol. The van der Waals surface area contributed by atoms with E-state index < -0.39 is 12.1 Å². The number of esters is 1. The smallest absolute Gasteiger partial charge is 0.339 e. The molecule has 0 aliphatic carbocycles. The lowest BCUT2D eigenvalue weighted by Gasteiger charge is -2.30. The minimum Gasteiger partial charge on any atom is -0.497 e. The van der Waals surface area contributed by atoms with Gasteiger partial charge < -0.3 is 19.1 Å². The molecule has 1 fully saturated rings. The normalized spacial score (nSPS) is 15.2. The van der Waals surface area contributed by atoms with Crippen LogP contribution in [0, 0.1) is 0 Å². The van der Waals surface area contributed by atoms with Crippen molar-refractivity contribution in [1.82, 2.24) is 4.90 Å². The molecule has 0 spiro atoms. The minimum absolute atomic E-state index is 0.240. The molecule has 1 aliphatic rings. The summed E-state index contributed by atoms with van der Waals surface area (Å²) in [6.07, 6.45) is -0.993. The van der Waals surface area contributed by atoms with Crippen LogP contribution >= 0.6 is 0 Å². The number of nitrogens with zero attached hydrogens (tertiary/aromatic N) is 1. The van der Waals surface area contributed by atoms with E-state index in [1.165, 1.54) is 7.11 Å². The standard InChI is InChI=1S/C20H21NO5/c1-24-17-9-5-8-16(14-17)20(23)26-18(15-6-3-2-4-7-15)19(22)21-10-12-25-13-11-21/h2-9,14,18H,10-13H2,1H3/t18-/m1/s1. The van der Waals surface area contributed by atoms with Gasteiger partial charge in [0.15, 0.2) is 0 Å². The molecule has 2 aromatic rings. The Morgan fingerprint density at radius 2 is 1.77 bits per heavy atom. The summed E-state index contributed by atoms with van der Waals surface area (Å²) in [6.45, 7) is 1.94. The lowest BCUT2D eigenvalue weighted by Crippen LogP contribution is -2.44. The molecule has 6 nitrogen and oxygen atoms in total. The number of hydrogen-bond donors (Lipinski definition) is 0. The second kappa shape index (κ2) is 8.49. The largest absolute Gasteiger partial charge is 0.497 e. The van der Waals surface area contributed by atoms with Crippen LogP contribution in [0.3, 0.4) is 0 Å². The quantitative estimate of drug-likeness (QED) is 0.771. The summed E-state index contributed by atoms with van der Waals surface area (Å²) < 4.78 is 16.0. The minimum atomic E-state index is -0.993. The molecule has 0 radical (unpaired) electrons. The summed E-state index contributed by atoms with van der Waals surface area (Å²) in [6, 6.07) is 15.7. The Morgan fingerprint density at radius 3 is 2.46 bits per heavy atom. The van der Waals surface area contributed by atoms with Gasteiger partial charge in [0.05, 0.1) is 25.9 Å². The van der Waals surface area contributed by atoms with Gasteiger partial charge in [-0.25, -0.2) is 4.79 Å². The van der Waals surface area contributed by atoms with Gasteiger partial charge in [0.2, 0.25) is 6.10 Å². The summed E-state index contributed by atoms with van der Waals surface area (Å²) in [7, 11) is 1.53. The van der Waals surface area contributed by atoms with Crippen LogP contribution in [-0.2, 0) is 14.3 Å². The summed E-state index contributed by atoms with van der Waals surface area (Å²) >= 11 is 0. The van der Waals surface area contributed by atoms with Crippen molar-refractivity contribution in [3.05, 3.63) is 65.7 Å². The van der Waals surface area contributed by atoms with Crippen LogP contribution in [0.2, 0.25) is 0 Å². The monoisotopic (exact) mass is 355 g/mol. The first kappa shape index (κ1) is 17.9. The highest BCUT2D eigenvalue weighted by Gasteiger charge is 2.30. The highest BCUT2D eigenvalue weighted by molar-refractivity contribution is 5.93. The summed E-state index contributed by atoms with van der Waals surface area (Å²) in [5, 5.41) is 0. The Labute approximate surface area is 152 Å². The van der Waals surface area contributed by atoms with E-state index in [9.17, 15) is 9.59 Å². The predicted octanol–water partition coefficient (Wildman–Crippen LogP) is 2.45. The first-order valence-corrected chi connectivity index (χ1v) is 8.45. The summed E-state index contributed by atoms with van der Waals surface area (Å²) in [5.74, 6) is -0.259. The lowest BCUT2D eigenvalue weighted by atomic mass is 10.1. The van der Waals surface area contributed by atoms with Crippen LogP contribution in [0.15, 0.2) is 54.6 Å². The Morgan fingerprint density at radius 1 is 1.04 bits per heavy atom. The zero-order valence-electron chi connectivity index (χ0n) is 14.6. The fourth-order valence-corrected chi connectivity index (χ4v) is 2.76. The average Bonchev–Trinajstić information content (AvgIpc) is 2.72. The van der Waals surface area contributed by atoms with E-state index in [2.05, 4.69) is 0 Å². The Hall–Kier alpha value is -2.86. The number of morpholine rings is 1. The summed E-state index contributed by atoms with van der Waals surface area (Å²) in [5.41, 5.74) is 0.972. The maximum absolute atomic E-state index is 13.0. The topological polar surface area (TPSA) is 65.1 Å². The molecule has 26 heavy (non-hydrogen) atoms. The van der Waals surface area contributed by atoms with Crippen LogP contribution in [0.5, 0.6) is 5.75 Å². The van der Waals surface area contributed by atoms with Crippen LogP contribution in [0.4, 0.5) is 0 Å². The fourth-order valence-electron chi connectivity index (χ4n) is 2.76. The molecule has 6 heteroatoms. The van der Waals surface area contributed by atoms with Crippen molar-refractivity contribution in [2.45, 2.75) is 6.10 Å². The number of hydrogen-bond acceptors (Lipinski definition) is 5. The van der Waals surface area contributed by atoms with Gasteiger partial charge in [0.1, 0.15) is 5.75 Å². The number of amides is 1. The van der Waals surface area contributed by atoms with Gasteiger partial charge in [-0.05, 0) is 18.2 Å². The van der Waals surface area contributed by atoms with Gasteiger partial charge in [-0.3, -0.25) is 4.79 Å². The summed E-state index contributed by atoms with van der Waals surface area (Å²) in [4.78, 5) is 27.2. The van der Waals surface area contributed by atoms with E-state index >= 15 is 0 Å². The number of rotatable bonds is 5. The maximum Gasteiger partial charge on any atom is 0.339 e. The van der Waals surface area contributed by atoms with Crippen molar-refractivity contribution in [2.24, 2.45) is 0 Å². The van der Waals surface area contributed by atoms with Crippen molar-refractivity contribution in [2.75, 3.05) is 33.4 Å². The average molecular weight is 355 g/mol. The Kier molecular flexibility index (Phi) is 5.86. The highest BCUT2D eigenvalue weighted by atomic mass is 16.5. The van der Waals surface area contributed by atoms with E-state index in [-0.39, 0.29) is 5.91 Å². The third-order valence-electron chi connectivity index (χ3n) is 4.18. The zero-order valence-corrected chi connectivity index (χ0v) is 14.6. The second-order valence-electron chi connectivity index (χ2n) is 5.87. The van der Waals surface area contributed by atoms with E-state index in [0.717, 1.165) is 0 Å². The number of carbonyl (C=O) groups is 2. The van der Waals surface area contributed by atoms with Gasteiger partial charge in [-0.2, -0.15) is 0 Å². The van der Waals surface area contributed by atoms with Crippen molar-refractivity contribution in [3.8, 4) is 5.75 Å². The molecule has 0 unspecified atom stereocenters. The second-order valence-corrected chi connectivity index (χ2v) is 5.87. The van der Waals surface area contributed by atoms with E-state index in [1.54, 1.807) is 41.3 Å². The van der Waals surface area contributed by atoms with Crippen LogP contribution in [-0.4, -0.2) is 50.2 Å². The SMILES string of the molecule is COc1cccc(C(=O)O[C@@H](C(=O)N2CCOCC2)c2ccccc2)c1. The molecule has 136 valence electrons. The first-order valence-electron chi connectivity index (χ1n) is 8.45. The first-order chi connectivity index (χ1) is 12.7. The molecule has 1 aliphatic heterocycles. The molecule has 1 saturated heterocycles. The van der Waals surface area contributed by atoms with E-state index in [1.807, 2.05) is 18.2 Å². The van der Waals surface area contributed by atoms with Crippen LogP contribution < -0.4 is 4.74 Å². The number of benzene rings is 2. The molecule has 1 atom stereocenters. The number of carbonyl (C=O) groups excluding carboxylic acids is 2. The van der Waals surface area contributed by atoms with E-state index in [4.69, 9.17) is 14.2 Å². The Balaban J connectivity index is 1.83. The van der Waals surface area contributed by atoms with Crippen LogP contribution in [0.1, 0.15) is 22.0 Å². The van der Waals surface area contributed by atoms with Crippen molar-refractivity contribution < 1.29 is 23.8 Å². The maximum atomic E-state index is 13.0. The number of methoxy groups -OCH3 is 1. The van der Waals surface area contributed by atoms with Gasteiger partial charge in [0, 0.05) is 18.7 Å². The number of ether oxygens (including phenoxy) is 3. The van der Waals surface area contributed by atoms with Gasteiger partial charge >= 0.3 is 5.97 Å². The lowest BCUT2D eigenvalue weighted by molar-refractivity contribution is -0.145. The van der Waals surface area contributed by atoms with Gasteiger partial charge in [-0.15, -0.1) is 0 Å². The van der Waals surface area contributed by atoms with E-state index in [0.29, 0.717) is 43.2 Å². The molecule has 3 rings (SSSR count). The zero-order chi connectivity index (χ0) is 18.4. The molecule has 0 bridgehead atoms. The molecule has 0 N–H and O–H groups in total. The van der Waals surface area contributed by atoms with Crippen molar-refractivity contribution >= 4 is 11.9 Å². The predicted molar refractivity (Wildman–Crippen MR) is 95.0 cm³/mol. The van der Waals surface area contributed by atoms with Gasteiger partial charge in [-0.1, -0.05) is 36.4 Å². The third-order valence-corrected chi connectivity index (χ3v) is 4.18. The molecular formula is C20H21NO5. The molecule has 1 heterocycles. The highest BCUT2D eigenvalue weighted by Crippen LogP contribution is 2.23. The molecule has 0 saturated carbocycles. The molecule has 2 aromatic carbocycles. The Bertz CT molecular complexity index is 756. The molecule has 0 aromatic heterocycles. The van der Waals surface area contributed by atoms with Crippen molar-refractivity contribution in [1.29, 1.82) is 0 Å². The fraction of sp³-hybridized carbons (Fsp3) is 0.300. The van der Waals surface area contributed by atoms with Gasteiger partial charge in [0.25, 0.3) is 5.91 Å². The van der Waals surface area contributed by atoms with Crippen molar-refractivity contribution in [3.63, 3.8) is 0 Å². The van der Waals surface area contributed by atoms with Crippen LogP contribution in [0.25, 0.3) is 0 Å². The molecule has 1 amide bonds.